The fraction of sp³-hybridized carbons (Fsp3) is 0. The Morgan fingerprint density at radius 2 is 2.71 bits per heavy atom. The van der Waals surface area contributed by atoms with Crippen molar-refractivity contribution in [3.63, 3.8) is 0 Å². The second-order valence-corrected chi connectivity index (χ2v) is 1.78. The van der Waals surface area contributed by atoms with E-state index < -0.39 is 5.76 Å². The molecule has 1 aromatic heterocycles. The van der Waals surface area contributed by atoms with Crippen LogP contribution in [0.4, 0.5) is 0 Å². The van der Waals surface area contributed by atoms with E-state index in [0.29, 0.717) is 0 Å². The van der Waals surface area contributed by atoms with E-state index in [9.17, 15) is 4.79 Å². The van der Waals surface area contributed by atoms with E-state index in [-0.39, 0.29) is 0 Å². The van der Waals surface area contributed by atoms with Crippen LogP contribution in [-0.2, 0) is 0 Å². The Balaban J connectivity index is 3.39. The van der Waals surface area contributed by atoms with Crippen LogP contribution < -0.4 is 5.76 Å². The summed E-state index contributed by atoms with van der Waals surface area (Å²) in [6, 6.07) is 0. The average molecular weight is 212 g/mol. The summed E-state index contributed by atoms with van der Waals surface area (Å²) in [6.07, 6.45) is 1.09. The van der Waals surface area contributed by atoms with Crippen LogP contribution in [0.1, 0.15) is 0 Å². The molecule has 0 atom stereocenters. The number of halogens is 1. The molecule has 1 aromatic rings. The largest absolute Gasteiger partial charge is 0.446 e. The van der Waals surface area contributed by atoms with Crippen molar-refractivity contribution < 1.29 is 4.42 Å². The second kappa shape index (κ2) is 1.65. The molecule has 0 aromatic carbocycles. The third-order valence-corrected chi connectivity index (χ3v) is 1.10. The first-order chi connectivity index (χ1) is 3.30. The van der Waals surface area contributed by atoms with E-state index in [4.69, 9.17) is 0 Å². The number of aromatic nitrogens is 2. The Bertz CT molecular complexity index is 201. The Morgan fingerprint density at radius 3 is 2.86 bits per heavy atom. The highest BCUT2D eigenvalue weighted by Crippen LogP contribution is 1.78. The van der Waals surface area contributed by atoms with E-state index in [2.05, 4.69) is 9.52 Å². The molecule has 0 N–H and O–H groups in total. The molecular weight excluding hydrogens is 211 g/mol. The smallest absolute Gasteiger partial charge is 0.395 e. The molecule has 0 spiro atoms. The summed E-state index contributed by atoms with van der Waals surface area (Å²) >= 11 is 1.72. The van der Waals surface area contributed by atoms with Gasteiger partial charge in [0.1, 0.15) is 0 Å². The lowest BCUT2D eigenvalue weighted by atomic mass is 11.4. The lowest BCUT2D eigenvalue weighted by Crippen LogP contribution is -2.03. The Kier molecular flexibility index (Phi) is 1.13. The molecule has 5 heteroatoms. The molecular formula is C2HIN2O2. The van der Waals surface area contributed by atoms with Crippen LogP contribution in [0.25, 0.3) is 0 Å². The summed E-state index contributed by atoms with van der Waals surface area (Å²) in [7, 11) is 0. The fourth-order valence-electron chi connectivity index (χ4n) is 0.201. The maximum atomic E-state index is 10.1. The quantitative estimate of drug-likeness (QED) is 0.570. The lowest BCUT2D eigenvalue weighted by molar-refractivity contribution is 0.511. The Labute approximate surface area is 52.6 Å². The highest BCUT2D eigenvalue weighted by molar-refractivity contribution is 14.1. The van der Waals surface area contributed by atoms with Crippen LogP contribution >= 0.6 is 22.9 Å². The van der Waals surface area contributed by atoms with Crippen molar-refractivity contribution in [3.8, 4) is 0 Å². The molecule has 0 saturated heterocycles. The number of hydrogen-bond acceptors (Lipinski definition) is 3. The summed E-state index contributed by atoms with van der Waals surface area (Å²) < 4.78 is 5.33. The number of hydrogen-bond donors (Lipinski definition) is 0. The molecule has 1 heterocycles. The van der Waals surface area contributed by atoms with Gasteiger partial charge in [-0.15, -0.1) is 7.99 Å². The summed E-state index contributed by atoms with van der Waals surface area (Å²) in [6.45, 7) is 0. The van der Waals surface area contributed by atoms with Crippen molar-refractivity contribution in [2.24, 2.45) is 0 Å². The standard InChI is InChI=1S/C2HIN2O2/c3-5-2(6)7-1-4-5/h1H. The molecule has 0 radical (unpaired) electrons. The van der Waals surface area contributed by atoms with Crippen molar-refractivity contribution in [1.29, 1.82) is 0 Å². The maximum Gasteiger partial charge on any atom is 0.446 e. The maximum absolute atomic E-state index is 10.1. The van der Waals surface area contributed by atoms with Gasteiger partial charge in [0, 0.05) is 0 Å². The van der Waals surface area contributed by atoms with E-state index in [1.165, 1.54) is 0 Å². The van der Waals surface area contributed by atoms with Crippen LogP contribution in [0.15, 0.2) is 15.6 Å². The number of rotatable bonds is 0. The van der Waals surface area contributed by atoms with Crippen molar-refractivity contribution in [3.05, 3.63) is 16.9 Å². The van der Waals surface area contributed by atoms with Gasteiger partial charge in [-0.05, 0) is 0 Å². The third-order valence-electron chi connectivity index (χ3n) is 0.453. The van der Waals surface area contributed by atoms with E-state index in [0.717, 1.165) is 9.29 Å². The van der Waals surface area contributed by atoms with Gasteiger partial charge in [0.05, 0.1) is 22.9 Å². The zero-order chi connectivity index (χ0) is 5.28. The molecule has 0 aliphatic heterocycles. The zero-order valence-corrected chi connectivity index (χ0v) is 5.32. The van der Waals surface area contributed by atoms with E-state index in [1.54, 1.807) is 22.9 Å². The second-order valence-electron chi connectivity index (χ2n) is 0.865. The summed E-state index contributed by atoms with van der Waals surface area (Å²) in [5, 5.41) is 3.44. The fourth-order valence-corrected chi connectivity index (χ4v) is 0.416. The molecule has 0 unspecified atom stereocenters. The van der Waals surface area contributed by atoms with E-state index in [1.807, 2.05) is 0 Å². The molecule has 38 valence electrons. The molecule has 0 saturated carbocycles. The molecule has 0 amide bonds. The highest BCUT2D eigenvalue weighted by atomic mass is 127. The molecule has 0 fully saturated rings. The lowest BCUT2D eigenvalue weighted by Gasteiger charge is -1.67. The van der Waals surface area contributed by atoms with Gasteiger partial charge in [-0.2, -0.15) is 0 Å². The van der Waals surface area contributed by atoms with Crippen molar-refractivity contribution in [2.75, 3.05) is 0 Å². The van der Waals surface area contributed by atoms with Gasteiger partial charge in [0.25, 0.3) is 0 Å². The Morgan fingerprint density at radius 1 is 2.00 bits per heavy atom. The molecule has 0 aliphatic carbocycles. The van der Waals surface area contributed by atoms with Crippen molar-refractivity contribution in [2.45, 2.75) is 0 Å². The zero-order valence-electron chi connectivity index (χ0n) is 3.17. The van der Waals surface area contributed by atoms with Gasteiger partial charge in [-0.25, -0.2) is 4.79 Å². The first-order valence-corrected chi connectivity index (χ1v) is 2.46. The SMILES string of the molecule is O=c1ocnn1I. The van der Waals surface area contributed by atoms with Crippen LogP contribution in [0.2, 0.25) is 0 Å². The third kappa shape index (κ3) is 0.817. The average Bonchev–Trinajstić information content (AvgIpc) is 1.91. The predicted molar refractivity (Wildman–Crippen MR) is 30.2 cm³/mol. The van der Waals surface area contributed by atoms with Gasteiger partial charge in [-0.1, -0.05) is 0 Å². The molecule has 0 bridgehead atoms. The van der Waals surface area contributed by atoms with Crippen molar-refractivity contribution >= 4 is 22.9 Å². The minimum absolute atomic E-state index is 0.444. The summed E-state index contributed by atoms with van der Waals surface area (Å²) in [5.74, 6) is -0.444. The van der Waals surface area contributed by atoms with Gasteiger partial charge < -0.3 is 4.42 Å². The highest BCUT2D eigenvalue weighted by Gasteiger charge is 1.88. The first-order valence-electron chi connectivity index (χ1n) is 1.49. The normalized spacial score (nSPS) is 9.29. The van der Waals surface area contributed by atoms with Gasteiger partial charge in [-0.3, -0.25) is 0 Å². The van der Waals surface area contributed by atoms with Crippen LogP contribution in [0, 0.1) is 0 Å². The molecule has 7 heavy (non-hydrogen) atoms. The predicted octanol–water partition coefficient (Wildman–Crippen LogP) is 0.0344. The molecule has 1 rings (SSSR count). The van der Waals surface area contributed by atoms with Gasteiger partial charge in [0.15, 0.2) is 0 Å². The van der Waals surface area contributed by atoms with Crippen LogP contribution in [-0.4, -0.2) is 7.99 Å². The molecule has 4 nitrogen and oxygen atoms in total. The topological polar surface area (TPSA) is 48.0 Å². The van der Waals surface area contributed by atoms with E-state index >= 15 is 0 Å². The van der Waals surface area contributed by atoms with Gasteiger partial charge >= 0.3 is 5.76 Å². The first kappa shape index (κ1) is 4.82. The summed E-state index contributed by atoms with van der Waals surface area (Å²) in [5.41, 5.74) is 0. The minimum atomic E-state index is -0.444. The van der Waals surface area contributed by atoms with Crippen molar-refractivity contribution in [1.82, 2.24) is 7.99 Å². The Hall–Kier alpha value is -0.330. The van der Waals surface area contributed by atoms with Crippen LogP contribution in [0.3, 0.4) is 0 Å². The summed E-state index contributed by atoms with van der Waals surface area (Å²) in [4.78, 5) is 10.1. The molecule has 0 aliphatic rings. The van der Waals surface area contributed by atoms with Crippen LogP contribution in [0.5, 0.6) is 0 Å². The monoisotopic (exact) mass is 212 g/mol. The van der Waals surface area contributed by atoms with Gasteiger partial charge in [0.2, 0.25) is 6.39 Å². The minimum Gasteiger partial charge on any atom is -0.395 e. The number of nitrogens with zero attached hydrogens (tertiary/aromatic N) is 2.